The van der Waals surface area contributed by atoms with E-state index in [4.69, 9.17) is 18.9 Å². The number of ether oxygens (including phenoxy) is 4. The Morgan fingerprint density at radius 3 is 1.87 bits per heavy atom. The molecule has 2 saturated carbocycles. The molecule has 212 valence electrons. The highest BCUT2D eigenvalue weighted by Crippen LogP contribution is 2.60. The molecule has 38 heavy (non-hydrogen) atoms. The van der Waals surface area contributed by atoms with E-state index in [9.17, 15) is 29.4 Å². The highest BCUT2D eigenvalue weighted by Gasteiger charge is 2.66. The van der Waals surface area contributed by atoms with Gasteiger partial charge in [-0.05, 0) is 41.4 Å². The number of hydrogen-bond acceptors (Lipinski definition) is 10. The third-order valence-corrected chi connectivity index (χ3v) is 8.75. The molecule has 9 atom stereocenters. The van der Waals surface area contributed by atoms with Crippen LogP contribution in [0, 0.1) is 22.7 Å². The first-order chi connectivity index (χ1) is 17.4. The van der Waals surface area contributed by atoms with Crippen LogP contribution < -0.4 is 0 Å². The molecule has 0 aromatic heterocycles. The highest BCUT2D eigenvalue weighted by molar-refractivity contribution is 5.69. The molecule has 0 saturated heterocycles. The second-order valence-electron chi connectivity index (χ2n) is 11.6. The first-order valence-corrected chi connectivity index (χ1v) is 12.9. The molecule has 2 bridgehead atoms. The number of esters is 4. The molecule has 3 rings (SSSR count). The zero-order chi connectivity index (χ0) is 28.9. The van der Waals surface area contributed by atoms with Crippen molar-refractivity contribution in [2.24, 2.45) is 22.7 Å². The Bertz CT molecular complexity index is 1060. The SMILES string of the molecule is C=C1[C@@H](O)C[C@H](OC(C)=O)[C@@]2(C)[C@@H](OC(C)=O)[C@H](OC(C)=O)C3=C(C)[C@@H](OC(C)=O)C[C@H]([C@@H](O)[C@H]12)C3(C)C. The summed E-state index contributed by atoms with van der Waals surface area (Å²) >= 11 is 0. The summed E-state index contributed by atoms with van der Waals surface area (Å²) in [6.45, 7) is 16.3. The minimum Gasteiger partial charge on any atom is -0.462 e. The molecule has 2 N–H and O–H groups in total. The van der Waals surface area contributed by atoms with Crippen LogP contribution in [0.4, 0.5) is 0 Å². The van der Waals surface area contributed by atoms with Crippen molar-refractivity contribution in [3.63, 3.8) is 0 Å². The summed E-state index contributed by atoms with van der Waals surface area (Å²) < 4.78 is 23.2. The summed E-state index contributed by atoms with van der Waals surface area (Å²) in [5.41, 5.74) is -0.727. The molecule has 0 aromatic carbocycles. The lowest BCUT2D eigenvalue weighted by Crippen LogP contribution is -2.67. The molecule has 0 amide bonds. The Hall–Kier alpha value is -2.72. The summed E-state index contributed by atoms with van der Waals surface area (Å²) in [6, 6.07) is 0. The summed E-state index contributed by atoms with van der Waals surface area (Å²) in [7, 11) is 0. The minimum atomic E-state index is -1.36. The fourth-order valence-corrected chi connectivity index (χ4v) is 7.19. The van der Waals surface area contributed by atoms with E-state index >= 15 is 0 Å². The lowest BCUT2D eigenvalue weighted by molar-refractivity contribution is -0.224. The van der Waals surface area contributed by atoms with Crippen LogP contribution in [-0.4, -0.2) is 70.7 Å². The standard InChI is InChI=1S/C28H40O10/c1-12-19(33)11-21(36-15(4)30)28(9)22(12)24(34)18-10-20(35-14(3)29)13(2)23(27(18,7)8)25(37-16(5)31)26(28)38-17(6)32/h18-22,24-26,33-34H,1,10-11H2,2-9H3/t18-,19+,20+,21+,22+,24-,25-,26+,28-/m1/s1. The predicted molar refractivity (Wildman–Crippen MR) is 134 cm³/mol. The van der Waals surface area contributed by atoms with Crippen LogP contribution in [0.15, 0.2) is 23.3 Å². The van der Waals surface area contributed by atoms with Crippen LogP contribution in [0.3, 0.4) is 0 Å². The largest absolute Gasteiger partial charge is 0.462 e. The molecule has 3 aliphatic rings. The second kappa shape index (κ2) is 10.4. The minimum absolute atomic E-state index is 0.0507. The van der Waals surface area contributed by atoms with Crippen molar-refractivity contribution in [1.29, 1.82) is 0 Å². The maximum Gasteiger partial charge on any atom is 0.303 e. The number of carbonyl (C=O) groups is 4. The maximum absolute atomic E-state index is 12.6. The lowest BCUT2D eigenvalue weighted by Gasteiger charge is -2.61. The smallest absolute Gasteiger partial charge is 0.303 e. The molecule has 0 radical (unpaired) electrons. The molecule has 10 heteroatoms. The summed E-state index contributed by atoms with van der Waals surface area (Å²) in [4.78, 5) is 49.3. The lowest BCUT2D eigenvalue weighted by atomic mass is 9.48. The molecule has 3 aliphatic carbocycles. The van der Waals surface area contributed by atoms with Gasteiger partial charge in [-0.25, -0.2) is 0 Å². The zero-order valence-electron chi connectivity index (χ0n) is 23.4. The Morgan fingerprint density at radius 2 is 1.37 bits per heavy atom. The van der Waals surface area contributed by atoms with Gasteiger partial charge < -0.3 is 29.2 Å². The van der Waals surface area contributed by atoms with Crippen LogP contribution in [0.2, 0.25) is 0 Å². The van der Waals surface area contributed by atoms with Gasteiger partial charge in [0.05, 0.1) is 17.6 Å². The number of aliphatic hydroxyl groups excluding tert-OH is 2. The molecular formula is C28H40O10. The quantitative estimate of drug-likeness (QED) is 0.312. The van der Waals surface area contributed by atoms with E-state index in [1.807, 2.05) is 13.8 Å². The van der Waals surface area contributed by atoms with Crippen molar-refractivity contribution in [1.82, 2.24) is 0 Å². The molecule has 0 heterocycles. The van der Waals surface area contributed by atoms with Gasteiger partial charge in [-0.15, -0.1) is 0 Å². The highest BCUT2D eigenvalue weighted by atomic mass is 16.6. The molecular weight excluding hydrogens is 496 g/mol. The van der Waals surface area contributed by atoms with E-state index in [1.165, 1.54) is 27.7 Å². The van der Waals surface area contributed by atoms with E-state index < -0.39 is 83.2 Å². The van der Waals surface area contributed by atoms with Crippen molar-refractivity contribution in [2.45, 2.75) is 105 Å². The number of rotatable bonds is 4. The fourth-order valence-electron chi connectivity index (χ4n) is 7.19. The van der Waals surface area contributed by atoms with Crippen LogP contribution in [0.25, 0.3) is 0 Å². The van der Waals surface area contributed by atoms with Crippen molar-refractivity contribution in [2.75, 3.05) is 0 Å². The topological polar surface area (TPSA) is 146 Å². The van der Waals surface area contributed by atoms with Crippen molar-refractivity contribution in [3.8, 4) is 0 Å². The van der Waals surface area contributed by atoms with Crippen molar-refractivity contribution < 1.29 is 48.3 Å². The molecule has 0 unspecified atom stereocenters. The van der Waals surface area contributed by atoms with Gasteiger partial charge in [0, 0.05) is 40.0 Å². The van der Waals surface area contributed by atoms with Gasteiger partial charge in [0.2, 0.25) is 0 Å². The van der Waals surface area contributed by atoms with Crippen molar-refractivity contribution >= 4 is 23.9 Å². The second-order valence-corrected chi connectivity index (χ2v) is 11.6. The molecule has 10 nitrogen and oxygen atoms in total. The third kappa shape index (κ3) is 5.00. The summed E-state index contributed by atoms with van der Waals surface area (Å²) in [5.74, 6) is -3.97. The number of carbonyl (C=O) groups excluding carboxylic acids is 4. The van der Waals surface area contributed by atoms with Crippen LogP contribution in [-0.2, 0) is 38.1 Å². The van der Waals surface area contributed by atoms with Gasteiger partial charge in [-0.1, -0.05) is 27.4 Å². The third-order valence-electron chi connectivity index (χ3n) is 8.75. The zero-order valence-corrected chi connectivity index (χ0v) is 23.4. The maximum atomic E-state index is 12.6. The molecule has 2 fully saturated rings. The Labute approximate surface area is 223 Å². The average molecular weight is 537 g/mol. The van der Waals surface area contributed by atoms with E-state index in [-0.39, 0.29) is 18.4 Å². The normalized spacial score (nSPS) is 38.2. The Kier molecular flexibility index (Phi) is 8.20. The summed E-state index contributed by atoms with van der Waals surface area (Å²) in [5, 5.41) is 23.1. The number of aliphatic hydroxyl groups is 2. The van der Waals surface area contributed by atoms with Crippen LogP contribution >= 0.6 is 0 Å². The number of fused-ring (bicyclic) bond motifs is 3. The van der Waals surface area contributed by atoms with Gasteiger partial charge in [0.15, 0.2) is 12.2 Å². The molecule has 0 aromatic rings. The number of hydrogen-bond donors (Lipinski definition) is 2. The van der Waals surface area contributed by atoms with Gasteiger partial charge in [-0.3, -0.25) is 19.2 Å². The van der Waals surface area contributed by atoms with Gasteiger partial charge in [0.25, 0.3) is 0 Å². The first kappa shape index (κ1) is 29.8. The van der Waals surface area contributed by atoms with E-state index in [2.05, 4.69) is 6.58 Å². The molecule has 0 spiro atoms. The fraction of sp³-hybridized carbons (Fsp3) is 0.714. The van der Waals surface area contributed by atoms with Crippen LogP contribution in [0.1, 0.15) is 68.2 Å². The van der Waals surface area contributed by atoms with Gasteiger partial charge >= 0.3 is 23.9 Å². The Morgan fingerprint density at radius 1 is 0.842 bits per heavy atom. The Balaban J connectivity index is 2.44. The van der Waals surface area contributed by atoms with Gasteiger partial charge in [0.1, 0.15) is 12.2 Å². The van der Waals surface area contributed by atoms with Gasteiger partial charge in [-0.2, -0.15) is 0 Å². The van der Waals surface area contributed by atoms with E-state index in [1.54, 1.807) is 13.8 Å². The first-order valence-electron chi connectivity index (χ1n) is 12.9. The predicted octanol–water partition coefficient (Wildman–Crippen LogP) is 2.39. The monoisotopic (exact) mass is 536 g/mol. The van der Waals surface area contributed by atoms with E-state index in [0.717, 1.165) is 0 Å². The van der Waals surface area contributed by atoms with Crippen molar-refractivity contribution in [3.05, 3.63) is 23.3 Å². The molecule has 0 aliphatic heterocycles. The summed E-state index contributed by atoms with van der Waals surface area (Å²) in [6.07, 6.45) is -6.28. The van der Waals surface area contributed by atoms with Crippen LogP contribution in [0.5, 0.6) is 0 Å². The van der Waals surface area contributed by atoms with E-state index in [0.29, 0.717) is 11.1 Å². The average Bonchev–Trinajstić information content (AvgIpc) is 2.75.